The molecule has 1 aliphatic carbocycles. The van der Waals surface area contributed by atoms with Crippen molar-refractivity contribution in [1.82, 2.24) is 9.13 Å². The van der Waals surface area contributed by atoms with E-state index >= 15 is 0 Å². The maximum absolute atomic E-state index is 12.3. The van der Waals surface area contributed by atoms with Crippen molar-refractivity contribution in [1.29, 1.82) is 0 Å². The van der Waals surface area contributed by atoms with Crippen molar-refractivity contribution >= 4 is 27.6 Å². The van der Waals surface area contributed by atoms with Crippen LogP contribution >= 0.6 is 11.3 Å². The highest BCUT2D eigenvalue weighted by Gasteiger charge is 2.18. The number of hydrogen-bond donors (Lipinski definition) is 0. The van der Waals surface area contributed by atoms with Crippen LogP contribution in [0.4, 0.5) is 0 Å². The fraction of sp³-hybridized carbons (Fsp3) is 0.231. The molecule has 18 heavy (non-hydrogen) atoms. The van der Waals surface area contributed by atoms with Crippen molar-refractivity contribution in [2.24, 2.45) is 14.1 Å². The highest BCUT2D eigenvalue weighted by atomic mass is 32.1. The Kier molecular flexibility index (Phi) is 2.38. The molecule has 92 valence electrons. The van der Waals surface area contributed by atoms with Gasteiger partial charge in [-0.25, -0.2) is 4.79 Å². The Labute approximate surface area is 107 Å². The van der Waals surface area contributed by atoms with Gasteiger partial charge in [-0.2, -0.15) is 0 Å². The molecule has 0 radical (unpaired) electrons. The zero-order chi connectivity index (χ0) is 12.9. The van der Waals surface area contributed by atoms with Crippen LogP contribution in [-0.2, 0) is 20.5 Å². The summed E-state index contributed by atoms with van der Waals surface area (Å²) in [7, 11) is 3.23. The van der Waals surface area contributed by atoms with E-state index in [2.05, 4.69) is 0 Å². The van der Waals surface area contributed by atoms with Gasteiger partial charge in [-0.15, -0.1) is 11.3 Å². The minimum absolute atomic E-state index is 0.200. The zero-order valence-electron chi connectivity index (χ0n) is 10.1. The third-order valence-corrected chi connectivity index (χ3v) is 4.51. The summed E-state index contributed by atoms with van der Waals surface area (Å²) in [6.45, 7) is 0. The first-order valence-corrected chi connectivity index (χ1v) is 6.47. The smallest absolute Gasteiger partial charge is 0.287 e. The summed E-state index contributed by atoms with van der Waals surface area (Å²) in [5.74, 6) is 0. The van der Waals surface area contributed by atoms with Crippen LogP contribution in [0.5, 0.6) is 0 Å². The summed E-state index contributed by atoms with van der Waals surface area (Å²) in [6, 6.07) is 0. The van der Waals surface area contributed by atoms with Crippen LogP contribution in [0.3, 0.4) is 0 Å². The van der Waals surface area contributed by atoms with E-state index in [1.165, 1.54) is 23.0 Å². The number of thiophene rings is 1. The number of fused-ring (bicyclic) bond motifs is 3. The Morgan fingerprint density at radius 1 is 1.17 bits per heavy atom. The second kappa shape index (κ2) is 3.81. The van der Waals surface area contributed by atoms with Crippen LogP contribution in [-0.4, -0.2) is 9.13 Å². The van der Waals surface area contributed by atoms with Crippen molar-refractivity contribution in [2.45, 2.75) is 6.42 Å². The molecule has 0 unspecified atom stereocenters. The minimum Gasteiger partial charge on any atom is -0.287 e. The number of hydrogen-bond acceptors (Lipinski definition) is 3. The minimum atomic E-state index is -0.275. The lowest BCUT2D eigenvalue weighted by atomic mass is 10.1. The highest BCUT2D eigenvalue weighted by molar-refractivity contribution is 7.19. The normalized spacial score (nSPS) is 13.9. The Hall–Kier alpha value is -1.88. The number of aryl methyl sites for hydroxylation is 1. The Morgan fingerprint density at radius 3 is 2.72 bits per heavy atom. The molecule has 2 aromatic heterocycles. The molecular formula is C13H12N2O2S. The molecule has 0 atom stereocenters. The van der Waals surface area contributed by atoms with Crippen LogP contribution in [0.2, 0.25) is 0 Å². The van der Waals surface area contributed by atoms with Gasteiger partial charge in [0.25, 0.3) is 5.56 Å². The molecule has 3 rings (SSSR count). The van der Waals surface area contributed by atoms with Gasteiger partial charge in [-0.05, 0) is 18.1 Å². The van der Waals surface area contributed by atoms with Gasteiger partial charge in [0.05, 0.1) is 5.39 Å². The largest absolute Gasteiger partial charge is 0.331 e. The predicted molar refractivity (Wildman–Crippen MR) is 74.2 cm³/mol. The first-order chi connectivity index (χ1) is 8.61. The molecular weight excluding hydrogens is 248 g/mol. The van der Waals surface area contributed by atoms with Gasteiger partial charge in [0.15, 0.2) is 0 Å². The second-order valence-electron chi connectivity index (χ2n) is 4.32. The Morgan fingerprint density at radius 2 is 1.94 bits per heavy atom. The summed E-state index contributed by atoms with van der Waals surface area (Å²) in [6.07, 6.45) is 8.69. The lowest BCUT2D eigenvalue weighted by Crippen LogP contribution is -2.36. The molecule has 4 nitrogen and oxygen atoms in total. The number of allylic oxidation sites excluding steroid dienone is 3. The van der Waals surface area contributed by atoms with E-state index in [0.717, 1.165) is 21.7 Å². The second-order valence-corrected chi connectivity index (χ2v) is 5.35. The van der Waals surface area contributed by atoms with Gasteiger partial charge < -0.3 is 0 Å². The fourth-order valence-electron chi connectivity index (χ4n) is 2.24. The average Bonchev–Trinajstić information content (AvgIpc) is 2.57. The lowest BCUT2D eigenvalue weighted by Gasteiger charge is -2.03. The van der Waals surface area contributed by atoms with Crippen LogP contribution in [0.1, 0.15) is 10.4 Å². The van der Waals surface area contributed by atoms with E-state index < -0.39 is 0 Å². The number of nitrogens with zero attached hydrogens (tertiary/aromatic N) is 2. The summed E-state index contributed by atoms with van der Waals surface area (Å²) < 4.78 is 2.72. The Bertz CT molecular complexity index is 818. The van der Waals surface area contributed by atoms with Gasteiger partial charge >= 0.3 is 5.69 Å². The molecule has 2 aromatic rings. The third-order valence-electron chi connectivity index (χ3n) is 3.23. The van der Waals surface area contributed by atoms with Gasteiger partial charge in [0, 0.05) is 19.0 Å². The molecule has 0 aromatic carbocycles. The van der Waals surface area contributed by atoms with Gasteiger partial charge in [-0.3, -0.25) is 13.9 Å². The van der Waals surface area contributed by atoms with E-state index in [1.54, 1.807) is 11.6 Å². The van der Waals surface area contributed by atoms with Crippen LogP contribution in [0, 0.1) is 0 Å². The first-order valence-electron chi connectivity index (χ1n) is 5.66. The van der Waals surface area contributed by atoms with Gasteiger partial charge in [0.2, 0.25) is 0 Å². The monoisotopic (exact) mass is 260 g/mol. The maximum atomic E-state index is 12.3. The molecule has 1 aliphatic rings. The van der Waals surface area contributed by atoms with Gasteiger partial charge in [0.1, 0.15) is 4.83 Å². The molecule has 0 amide bonds. The van der Waals surface area contributed by atoms with E-state index in [1.807, 2.05) is 24.3 Å². The lowest BCUT2D eigenvalue weighted by molar-refractivity contribution is 0.716. The highest BCUT2D eigenvalue weighted by Crippen LogP contribution is 2.30. The van der Waals surface area contributed by atoms with E-state index in [4.69, 9.17) is 0 Å². The number of rotatable bonds is 0. The molecule has 0 bridgehead atoms. The summed E-state index contributed by atoms with van der Waals surface area (Å²) in [4.78, 5) is 26.0. The molecule has 0 spiro atoms. The van der Waals surface area contributed by atoms with E-state index in [9.17, 15) is 9.59 Å². The summed E-state index contributed by atoms with van der Waals surface area (Å²) >= 11 is 1.50. The summed E-state index contributed by atoms with van der Waals surface area (Å²) in [5.41, 5.74) is 0.550. The van der Waals surface area contributed by atoms with Crippen molar-refractivity contribution in [3.63, 3.8) is 0 Å². The first kappa shape index (κ1) is 11.2. The van der Waals surface area contributed by atoms with Crippen molar-refractivity contribution in [2.75, 3.05) is 0 Å². The molecule has 0 fully saturated rings. The van der Waals surface area contributed by atoms with Crippen LogP contribution in [0.15, 0.2) is 27.8 Å². The fourth-order valence-corrected chi connectivity index (χ4v) is 3.43. The zero-order valence-corrected chi connectivity index (χ0v) is 11.0. The standard InChI is InChI=1S/C13H12N2O2S/c1-14-11(16)10-8-6-4-3-5-7-9(8)18-12(10)15(2)13(14)17/h3-5,7H,6H2,1-2H3. The summed E-state index contributed by atoms with van der Waals surface area (Å²) in [5, 5.41) is 0.677. The molecule has 0 saturated heterocycles. The topological polar surface area (TPSA) is 44.0 Å². The molecule has 0 N–H and O–H groups in total. The quantitative estimate of drug-likeness (QED) is 0.719. The molecule has 2 heterocycles. The Balaban J connectivity index is 2.57. The van der Waals surface area contributed by atoms with E-state index in [-0.39, 0.29) is 11.2 Å². The molecule has 0 saturated carbocycles. The van der Waals surface area contributed by atoms with Crippen LogP contribution < -0.4 is 11.2 Å². The average molecular weight is 260 g/mol. The van der Waals surface area contributed by atoms with Gasteiger partial charge in [-0.1, -0.05) is 18.2 Å². The van der Waals surface area contributed by atoms with E-state index in [0.29, 0.717) is 5.39 Å². The van der Waals surface area contributed by atoms with Crippen LogP contribution in [0.25, 0.3) is 16.3 Å². The SMILES string of the molecule is Cn1c(=O)c2c3c(sc2n(C)c1=O)C=CC=CC3. The van der Waals surface area contributed by atoms with Crippen molar-refractivity contribution < 1.29 is 0 Å². The maximum Gasteiger partial charge on any atom is 0.331 e. The third kappa shape index (κ3) is 1.37. The molecule has 5 heteroatoms. The van der Waals surface area contributed by atoms with Crippen molar-refractivity contribution in [3.8, 4) is 0 Å². The predicted octanol–water partition coefficient (Wildman–Crippen LogP) is 1.42. The molecule has 0 aliphatic heterocycles. The number of aromatic nitrogens is 2. The van der Waals surface area contributed by atoms with Crippen molar-refractivity contribution in [3.05, 3.63) is 49.5 Å².